The Balaban J connectivity index is 1.54. The summed E-state index contributed by atoms with van der Waals surface area (Å²) in [5, 5.41) is 12.4. The topological polar surface area (TPSA) is 86.7 Å². The molecule has 1 heterocycles. The van der Waals surface area contributed by atoms with Crippen LogP contribution in [0.25, 0.3) is 6.08 Å². The van der Waals surface area contributed by atoms with Crippen LogP contribution in [-0.4, -0.2) is 38.7 Å². The number of carbonyl (C=O) groups excluding carboxylic acids is 2. The predicted molar refractivity (Wildman–Crippen MR) is 128 cm³/mol. The Morgan fingerprint density at radius 3 is 2.55 bits per heavy atom. The van der Waals surface area contributed by atoms with Gasteiger partial charge in [0.05, 0.1) is 20.5 Å². The highest BCUT2D eigenvalue weighted by Crippen LogP contribution is 2.35. The van der Waals surface area contributed by atoms with Crippen LogP contribution in [0.1, 0.15) is 28.8 Å². The van der Waals surface area contributed by atoms with E-state index in [9.17, 15) is 14.4 Å². The van der Waals surface area contributed by atoms with Crippen molar-refractivity contribution in [2.24, 2.45) is 0 Å². The fourth-order valence-electron chi connectivity index (χ4n) is 2.78. The molecule has 1 aliphatic rings. The summed E-state index contributed by atoms with van der Waals surface area (Å²) >= 11 is 18.7. The van der Waals surface area contributed by atoms with E-state index in [0.717, 1.165) is 0 Å². The Hall–Kier alpha value is -2.39. The quantitative estimate of drug-likeness (QED) is 0.400. The number of halogens is 2. The van der Waals surface area contributed by atoms with Crippen molar-refractivity contribution in [3.63, 3.8) is 0 Å². The summed E-state index contributed by atoms with van der Waals surface area (Å²) in [7, 11) is 0. The molecule has 0 radical (unpaired) electrons. The molecule has 160 valence electrons. The number of anilines is 1. The molecule has 0 unspecified atom stereocenters. The van der Waals surface area contributed by atoms with Gasteiger partial charge in [0.2, 0.25) is 5.91 Å². The van der Waals surface area contributed by atoms with Crippen molar-refractivity contribution in [2.45, 2.75) is 12.8 Å². The molecular formula is C21H16Cl2N2O4S2. The lowest BCUT2D eigenvalue weighted by molar-refractivity contribution is -0.122. The maximum absolute atomic E-state index is 12.7. The average molecular weight is 495 g/mol. The zero-order valence-electron chi connectivity index (χ0n) is 15.9. The Labute approximate surface area is 198 Å². The number of aromatic carboxylic acids is 1. The fourth-order valence-corrected chi connectivity index (χ4v) is 4.45. The molecule has 0 saturated carbocycles. The summed E-state index contributed by atoms with van der Waals surface area (Å²) in [5.41, 5.74) is 1.27. The third-order valence-corrected chi connectivity index (χ3v) is 6.55. The summed E-state index contributed by atoms with van der Waals surface area (Å²) in [4.78, 5) is 37.6. The van der Waals surface area contributed by atoms with Crippen LogP contribution in [0.15, 0.2) is 47.4 Å². The summed E-state index contributed by atoms with van der Waals surface area (Å²) in [6, 6.07) is 11.0. The maximum Gasteiger partial charge on any atom is 0.335 e. The van der Waals surface area contributed by atoms with Crippen LogP contribution in [0.2, 0.25) is 10.0 Å². The number of hydrogen-bond donors (Lipinski definition) is 2. The van der Waals surface area contributed by atoms with Crippen LogP contribution in [-0.2, 0) is 9.59 Å². The van der Waals surface area contributed by atoms with E-state index in [0.29, 0.717) is 43.5 Å². The monoisotopic (exact) mass is 494 g/mol. The number of nitrogens with one attached hydrogen (secondary N) is 1. The Morgan fingerprint density at radius 1 is 1.16 bits per heavy atom. The van der Waals surface area contributed by atoms with Crippen molar-refractivity contribution in [2.75, 3.05) is 11.9 Å². The fraction of sp³-hybridized carbons (Fsp3) is 0.143. The molecule has 2 amide bonds. The number of thiocarbonyl (C=S) groups is 1. The van der Waals surface area contributed by atoms with Crippen molar-refractivity contribution in [3.05, 3.63) is 68.5 Å². The van der Waals surface area contributed by atoms with Crippen LogP contribution >= 0.6 is 47.2 Å². The first kappa shape index (κ1) is 23.3. The molecule has 0 atom stereocenters. The second kappa shape index (κ2) is 10.3. The second-order valence-corrected chi connectivity index (χ2v) is 8.97. The van der Waals surface area contributed by atoms with Gasteiger partial charge >= 0.3 is 5.97 Å². The molecule has 0 aliphatic carbocycles. The van der Waals surface area contributed by atoms with Crippen molar-refractivity contribution < 1.29 is 19.5 Å². The number of carboxylic acid groups (broad SMARTS) is 1. The number of benzene rings is 2. The highest BCUT2D eigenvalue weighted by molar-refractivity contribution is 8.26. The minimum atomic E-state index is -1.03. The average Bonchev–Trinajstić information content (AvgIpc) is 2.99. The van der Waals surface area contributed by atoms with E-state index in [1.165, 1.54) is 40.9 Å². The van der Waals surface area contributed by atoms with Crippen LogP contribution in [0, 0.1) is 0 Å². The van der Waals surface area contributed by atoms with Gasteiger partial charge in [-0.25, -0.2) is 4.79 Å². The smallest absolute Gasteiger partial charge is 0.335 e. The second-order valence-electron chi connectivity index (χ2n) is 6.51. The number of nitrogens with zero attached hydrogens (tertiary/aromatic N) is 1. The molecule has 31 heavy (non-hydrogen) atoms. The molecule has 10 heteroatoms. The molecule has 2 N–H and O–H groups in total. The molecule has 2 aromatic carbocycles. The van der Waals surface area contributed by atoms with Gasteiger partial charge < -0.3 is 10.4 Å². The van der Waals surface area contributed by atoms with E-state index in [1.54, 1.807) is 24.3 Å². The number of hydrogen-bond acceptors (Lipinski definition) is 5. The van der Waals surface area contributed by atoms with E-state index in [2.05, 4.69) is 5.32 Å². The SMILES string of the molecule is O=C(CCCN1C(=O)/C(=C/c2cccc(Cl)c2Cl)SC1=S)Nc1ccc(C(=O)O)cc1. The third-order valence-electron chi connectivity index (χ3n) is 4.34. The van der Waals surface area contributed by atoms with Gasteiger partial charge in [0.1, 0.15) is 4.32 Å². The third kappa shape index (κ3) is 5.86. The van der Waals surface area contributed by atoms with E-state index in [4.69, 9.17) is 40.5 Å². The number of carbonyl (C=O) groups is 3. The number of amides is 2. The van der Waals surface area contributed by atoms with Crippen molar-refractivity contribution in [1.29, 1.82) is 0 Å². The predicted octanol–water partition coefficient (Wildman–Crippen LogP) is 5.31. The number of thioether (sulfide) groups is 1. The van der Waals surface area contributed by atoms with Crippen LogP contribution in [0.4, 0.5) is 5.69 Å². The molecule has 2 aromatic rings. The van der Waals surface area contributed by atoms with Gasteiger partial charge in [-0.1, -0.05) is 59.3 Å². The molecule has 1 aliphatic heterocycles. The molecule has 0 spiro atoms. The lowest BCUT2D eigenvalue weighted by Crippen LogP contribution is -2.29. The zero-order chi connectivity index (χ0) is 22.5. The van der Waals surface area contributed by atoms with Gasteiger partial charge in [-0.2, -0.15) is 0 Å². The van der Waals surface area contributed by atoms with Gasteiger partial charge in [-0.3, -0.25) is 14.5 Å². The molecule has 1 fully saturated rings. The minimum absolute atomic E-state index is 0.138. The summed E-state index contributed by atoms with van der Waals surface area (Å²) in [6.45, 7) is 0.302. The summed E-state index contributed by atoms with van der Waals surface area (Å²) < 4.78 is 0.416. The number of rotatable bonds is 7. The zero-order valence-corrected chi connectivity index (χ0v) is 19.1. The van der Waals surface area contributed by atoms with E-state index in [1.807, 2.05) is 0 Å². The molecule has 0 bridgehead atoms. The Bertz CT molecular complexity index is 1090. The van der Waals surface area contributed by atoms with Crippen LogP contribution in [0.5, 0.6) is 0 Å². The molecule has 1 saturated heterocycles. The lowest BCUT2D eigenvalue weighted by atomic mass is 10.2. The van der Waals surface area contributed by atoms with E-state index in [-0.39, 0.29) is 23.8 Å². The van der Waals surface area contributed by atoms with Gasteiger partial charge in [-0.05, 0) is 48.4 Å². The van der Waals surface area contributed by atoms with Crippen LogP contribution < -0.4 is 5.32 Å². The summed E-state index contributed by atoms with van der Waals surface area (Å²) in [5.74, 6) is -1.52. The Morgan fingerprint density at radius 2 is 1.87 bits per heavy atom. The highest BCUT2D eigenvalue weighted by atomic mass is 35.5. The molecule has 3 rings (SSSR count). The maximum atomic E-state index is 12.7. The van der Waals surface area contributed by atoms with E-state index >= 15 is 0 Å². The van der Waals surface area contributed by atoms with Gasteiger partial charge in [0, 0.05) is 18.7 Å². The first-order valence-electron chi connectivity index (χ1n) is 9.09. The highest BCUT2D eigenvalue weighted by Gasteiger charge is 2.31. The van der Waals surface area contributed by atoms with Gasteiger partial charge in [0.15, 0.2) is 0 Å². The molecule has 0 aromatic heterocycles. The van der Waals surface area contributed by atoms with Gasteiger partial charge in [-0.15, -0.1) is 0 Å². The minimum Gasteiger partial charge on any atom is -0.478 e. The van der Waals surface area contributed by atoms with Crippen molar-refractivity contribution in [1.82, 2.24) is 4.90 Å². The summed E-state index contributed by atoms with van der Waals surface area (Å²) in [6.07, 6.45) is 2.24. The normalized spacial score (nSPS) is 14.9. The first-order chi connectivity index (χ1) is 14.8. The number of carboxylic acids is 1. The van der Waals surface area contributed by atoms with E-state index < -0.39 is 5.97 Å². The standard InChI is InChI=1S/C21H16Cl2N2O4S2/c22-15-4-1-3-13(18(15)23)11-16-19(27)25(21(30)31-16)10-2-5-17(26)24-14-8-6-12(7-9-14)20(28)29/h1,3-4,6-9,11H,2,5,10H2,(H,24,26)(H,28,29)/b16-11-. The Kier molecular flexibility index (Phi) is 7.72. The molecule has 6 nitrogen and oxygen atoms in total. The van der Waals surface area contributed by atoms with Gasteiger partial charge in [0.25, 0.3) is 5.91 Å². The van der Waals surface area contributed by atoms with Crippen molar-refractivity contribution in [3.8, 4) is 0 Å². The molecular weight excluding hydrogens is 479 g/mol. The van der Waals surface area contributed by atoms with Crippen LogP contribution in [0.3, 0.4) is 0 Å². The largest absolute Gasteiger partial charge is 0.478 e. The first-order valence-corrected chi connectivity index (χ1v) is 11.1. The lowest BCUT2D eigenvalue weighted by Gasteiger charge is -2.14. The van der Waals surface area contributed by atoms with Crippen molar-refractivity contribution >= 4 is 81.0 Å².